The summed E-state index contributed by atoms with van der Waals surface area (Å²) in [5.74, 6) is 0.453. The minimum absolute atomic E-state index is 0.0298. The molecule has 0 aliphatic heterocycles. The van der Waals surface area contributed by atoms with Gasteiger partial charge < -0.3 is 15.2 Å². The summed E-state index contributed by atoms with van der Waals surface area (Å²) in [6.07, 6.45) is 3.73. The van der Waals surface area contributed by atoms with Crippen molar-refractivity contribution in [2.24, 2.45) is 5.92 Å². The lowest BCUT2D eigenvalue weighted by atomic mass is 10.1. The van der Waals surface area contributed by atoms with Gasteiger partial charge in [0.15, 0.2) is 0 Å². The van der Waals surface area contributed by atoms with Crippen LogP contribution in [0.5, 0.6) is 5.75 Å². The molecular weight excluding hydrogens is 318 g/mol. The summed E-state index contributed by atoms with van der Waals surface area (Å²) in [5.41, 5.74) is 2.21. The summed E-state index contributed by atoms with van der Waals surface area (Å²) in [4.78, 5) is 20.2. The van der Waals surface area contributed by atoms with Crippen LogP contribution < -0.4 is 10.1 Å². The maximum Gasteiger partial charge on any atom is 0.271 e. The fourth-order valence-electron chi connectivity index (χ4n) is 2.99. The third kappa shape index (κ3) is 4.33. The lowest BCUT2D eigenvalue weighted by molar-refractivity contribution is 0.0348. The molecule has 6 heteroatoms. The molecule has 1 saturated carbocycles. The van der Waals surface area contributed by atoms with E-state index in [1.54, 1.807) is 6.20 Å². The molecule has 0 unspecified atom stereocenters. The third-order valence-corrected chi connectivity index (χ3v) is 4.53. The first kappa shape index (κ1) is 17.4. The van der Waals surface area contributed by atoms with Gasteiger partial charge in [-0.05, 0) is 38.8 Å². The Morgan fingerprint density at radius 1 is 1.20 bits per heavy atom. The van der Waals surface area contributed by atoms with E-state index in [-0.39, 0.29) is 23.6 Å². The summed E-state index contributed by atoms with van der Waals surface area (Å²) in [7, 11) is 0. The molecular formula is C19H23N3O3. The maximum absolute atomic E-state index is 12.1. The van der Waals surface area contributed by atoms with Crippen molar-refractivity contribution in [3.63, 3.8) is 0 Å². The monoisotopic (exact) mass is 341 g/mol. The molecule has 1 fully saturated rings. The fourth-order valence-corrected chi connectivity index (χ4v) is 2.99. The molecule has 1 amide bonds. The highest BCUT2D eigenvalue weighted by molar-refractivity contribution is 5.91. The number of hydrogen-bond acceptors (Lipinski definition) is 5. The number of benzene rings is 1. The lowest BCUT2D eigenvalue weighted by Gasteiger charge is -2.21. The number of nitrogens with zero attached hydrogens (tertiary/aromatic N) is 2. The molecule has 2 aromatic rings. The first-order chi connectivity index (χ1) is 12.0. The third-order valence-electron chi connectivity index (χ3n) is 4.53. The first-order valence-corrected chi connectivity index (χ1v) is 8.51. The van der Waals surface area contributed by atoms with Gasteiger partial charge in [-0.3, -0.25) is 9.78 Å². The molecule has 25 heavy (non-hydrogen) atoms. The van der Waals surface area contributed by atoms with Crippen LogP contribution in [-0.4, -0.2) is 39.7 Å². The second-order valence-electron chi connectivity index (χ2n) is 6.55. The van der Waals surface area contributed by atoms with Gasteiger partial charge in [0.05, 0.1) is 18.0 Å². The van der Waals surface area contributed by atoms with Crippen LogP contribution in [0.1, 0.15) is 34.6 Å². The van der Waals surface area contributed by atoms with E-state index < -0.39 is 6.10 Å². The Morgan fingerprint density at radius 2 is 1.96 bits per heavy atom. The number of carbonyl (C=O) groups is 1. The van der Waals surface area contributed by atoms with Crippen molar-refractivity contribution in [3.05, 3.63) is 53.6 Å². The van der Waals surface area contributed by atoms with Gasteiger partial charge in [-0.25, -0.2) is 4.98 Å². The molecule has 0 spiro atoms. The smallest absolute Gasteiger partial charge is 0.271 e. The highest BCUT2D eigenvalue weighted by Gasteiger charge is 2.36. The molecule has 3 rings (SSSR count). The zero-order chi connectivity index (χ0) is 17.8. The van der Waals surface area contributed by atoms with Gasteiger partial charge in [0, 0.05) is 18.7 Å². The predicted octanol–water partition coefficient (Wildman–Crippen LogP) is 2.04. The van der Waals surface area contributed by atoms with Gasteiger partial charge in [-0.15, -0.1) is 0 Å². The highest BCUT2D eigenvalue weighted by atomic mass is 16.5. The molecule has 0 bridgehead atoms. The van der Waals surface area contributed by atoms with Gasteiger partial charge in [0.25, 0.3) is 5.91 Å². The van der Waals surface area contributed by atoms with Crippen LogP contribution in [0, 0.1) is 19.8 Å². The van der Waals surface area contributed by atoms with Crippen molar-refractivity contribution in [3.8, 4) is 5.75 Å². The predicted molar refractivity (Wildman–Crippen MR) is 93.4 cm³/mol. The number of aliphatic hydroxyl groups is 1. The van der Waals surface area contributed by atoms with Gasteiger partial charge in [0.1, 0.15) is 17.5 Å². The topological polar surface area (TPSA) is 84.3 Å². The molecule has 0 saturated heterocycles. The van der Waals surface area contributed by atoms with Crippen LogP contribution in [0.25, 0.3) is 0 Å². The summed E-state index contributed by atoms with van der Waals surface area (Å²) >= 11 is 0. The average Bonchev–Trinajstić information content (AvgIpc) is 2.95. The molecule has 1 heterocycles. The van der Waals surface area contributed by atoms with E-state index in [2.05, 4.69) is 15.3 Å². The van der Waals surface area contributed by atoms with Crippen molar-refractivity contribution in [2.75, 3.05) is 6.54 Å². The number of aromatic nitrogens is 2. The van der Waals surface area contributed by atoms with Crippen molar-refractivity contribution < 1.29 is 14.6 Å². The first-order valence-electron chi connectivity index (χ1n) is 8.51. The SMILES string of the molecule is Cc1ccc(O[C@@H]2CC[C@H](CNC(=O)c3cnc(C)cn3)[C@H]2O)cc1. The molecule has 132 valence electrons. The average molecular weight is 341 g/mol. The van der Waals surface area contributed by atoms with E-state index in [1.165, 1.54) is 11.8 Å². The Labute approximate surface area is 147 Å². The van der Waals surface area contributed by atoms with E-state index in [0.717, 1.165) is 24.3 Å². The van der Waals surface area contributed by atoms with Crippen molar-refractivity contribution >= 4 is 5.91 Å². The number of aryl methyl sites for hydroxylation is 2. The standard InChI is InChI=1S/C19H23N3O3/c1-12-3-6-15(7-4-12)25-17-8-5-14(18(17)23)10-22-19(24)16-11-20-13(2)9-21-16/h3-4,6-7,9,11,14,17-18,23H,5,8,10H2,1-2H3,(H,22,24)/t14-,17-,18-/m1/s1. The molecule has 1 aliphatic carbocycles. The van der Waals surface area contributed by atoms with Crippen molar-refractivity contribution in [2.45, 2.75) is 38.9 Å². The summed E-state index contributed by atoms with van der Waals surface area (Å²) in [5, 5.41) is 13.3. The van der Waals surface area contributed by atoms with E-state index in [1.807, 2.05) is 38.1 Å². The number of aliphatic hydroxyl groups excluding tert-OH is 1. The van der Waals surface area contributed by atoms with Crippen LogP contribution in [0.2, 0.25) is 0 Å². The van der Waals surface area contributed by atoms with Crippen LogP contribution >= 0.6 is 0 Å². The largest absolute Gasteiger partial charge is 0.488 e. The molecule has 1 aromatic heterocycles. The zero-order valence-corrected chi connectivity index (χ0v) is 14.5. The van der Waals surface area contributed by atoms with E-state index in [0.29, 0.717) is 6.54 Å². The van der Waals surface area contributed by atoms with Gasteiger partial charge in [-0.2, -0.15) is 0 Å². The van der Waals surface area contributed by atoms with Crippen molar-refractivity contribution in [1.29, 1.82) is 0 Å². The zero-order valence-electron chi connectivity index (χ0n) is 14.5. The van der Waals surface area contributed by atoms with Crippen LogP contribution in [0.3, 0.4) is 0 Å². The maximum atomic E-state index is 12.1. The van der Waals surface area contributed by atoms with E-state index >= 15 is 0 Å². The summed E-state index contributed by atoms with van der Waals surface area (Å²) in [6, 6.07) is 7.79. The van der Waals surface area contributed by atoms with Gasteiger partial charge >= 0.3 is 0 Å². The van der Waals surface area contributed by atoms with Crippen molar-refractivity contribution in [1.82, 2.24) is 15.3 Å². The molecule has 1 aliphatic rings. The fraction of sp³-hybridized carbons (Fsp3) is 0.421. The minimum atomic E-state index is -0.606. The summed E-state index contributed by atoms with van der Waals surface area (Å²) < 4.78 is 5.89. The number of carbonyl (C=O) groups excluding carboxylic acids is 1. The molecule has 2 N–H and O–H groups in total. The Hall–Kier alpha value is -2.47. The Kier molecular flexibility index (Phi) is 5.28. The van der Waals surface area contributed by atoms with Crippen LogP contribution in [0.4, 0.5) is 0 Å². The summed E-state index contributed by atoms with van der Waals surface area (Å²) in [6.45, 7) is 4.23. The van der Waals surface area contributed by atoms with Crippen LogP contribution in [-0.2, 0) is 0 Å². The second kappa shape index (κ2) is 7.61. The van der Waals surface area contributed by atoms with Crippen LogP contribution in [0.15, 0.2) is 36.7 Å². The van der Waals surface area contributed by atoms with Gasteiger partial charge in [-0.1, -0.05) is 17.7 Å². The molecule has 3 atom stereocenters. The van der Waals surface area contributed by atoms with Gasteiger partial charge in [0.2, 0.25) is 0 Å². The minimum Gasteiger partial charge on any atom is -0.488 e. The second-order valence-corrected chi connectivity index (χ2v) is 6.55. The number of nitrogens with one attached hydrogen (secondary N) is 1. The number of ether oxygens (including phenoxy) is 1. The number of rotatable bonds is 5. The molecule has 6 nitrogen and oxygen atoms in total. The number of hydrogen-bond donors (Lipinski definition) is 2. The van der Waals surface area contributed by atoms with E-state index in [9.17, 15) is 9.90 Å². The Bertz CT molecular complexity index is 716. The lowest BCUT2D eigenvalue weighted by Crippen LogP contribution is -2.37. The molecule has 1 aromatic carbocycles. The van der Waals surface area contributed by atoms with E-state index in [4.69, 9.17) is 4.74 Å². The Morgan fingerprint density at radius 3 is 2.64 bits per heavy atom. The quantitative estimate of drug-likeness (QED) is 0.869. The number of amides is 1. The molecule has 0 radical (unpaired) electrons. The Balaban J connectivity index is 1.51. The normalized spacial score (nSPS) is 22.6. The highest BCUT2D eigenvalue weighted by Crippen LogP contribution is 2.29.